The van der Waals surface area contributed by atoms with Crippen molar-refractivity contribution < 1.29 is 8.42 Å². The zero-order valence-electron chi connectivity index (χ0n) is 14.3. The van der Waals surface area contributed by atoms with Crippen LogP contribution < -0.4 is 10.0 Å². The minimum Gasteiger partial charge on any atom is -0.383 e. The van der Waals surface area contributed by atoms with E-state index in [-0.39, 0.29) is 11.4 Å². The molecule has 2 N–H and O–H groups in total. The summed E-state index contributed by atoms with van der Waals surface area (Å²) in [4.78, 5) is 8.70. The van der Waals surface area contributed by atoms with E-state index in [1.807, 2.05) is 25.1 Å². The Morgan fingerprint density at radius 1 is 1.04 bits per heavy atom. The molecule has 3 aromatic rings. The van der Waals surface area contributed by atoms with Crippen LogP contribution in [-0.2, 0) is 16.4 Å². The molecule has 2 aromatic carbocycles. The van der Waals surface area contributed by atoms with E-state index in [2.05, 4.69) is 9.97 Å². The Labute approximate surface area is 152 Å². The van der Waals surface area contributed by atoms with Gasteiger partial charge in [0.1, 0.15) is 12.1 Å². The van der Waals surface area contributed by atoms with Gasteiger partial charge >= 0.3 is 0 Å². The zero-order chi connectivity index (χ0) is 18.3. The van der Waals surface area contributed by atoms with Gasteiger partial charge in [-0.25, -0.2) is 18.4 Å². The maximum absolute atomic E-state index is 13.3. The lowest BCUT2D eigenvalue weighted by molar-refractivity contribution is 0.591. The Hall–Kier alpha value is -2.93. The second-order valence-corrected chi connectivity index (χ2v) is 8.11. The lowest BCUT2D eigenvalue weighted by Gasteiger charge is -2.24. The van der Waals surface area contributed by atoms with Crippen LogP contribution in [0.15, 0.2) is 59.8 Å². The van der Waals surface area contributed by atoms with E-state index < -0.39 is 10.0 Å². The monoisotopic (exact) mass is 366 g/mol. The molecule has 0 amide bonds. The van der Waals surface area contributed by atoms with Gasteiger partial charge in [-0.15, -0.1) is 0 Å². The summed E-state index contributed by atoms with van der Waals surface area (Å²) in [5.74, 6) is 0.388. The smallest absolute Gasteiger partial charge is 0.264 e. The minimum atomic E-state index is -3.70. The number of nitrogen functional groups attached to an aromatic ring is 1. The second-order valence-electron chi connectivity index (χ2n) is 6.24. The summed E-state index contributed by atoms with van der Waals surface area (Å²) >= 11 is 0. The Morgan fingerprint density at radius 2 is 1.77 bits per heavy atom. The summed E-state index contributed by atoms with van der Waals surface area (Å²) in [7, 11) is -3.70. The number of aryl methyl sites for hydroxylation is 1. The number of hydrogen-bond acceptors (Lipinski definition) is 5. The molecule has 132 valence electrons. The number of sulfonamides is 1. The van der Waals surface area contributed by atoms with Crippen LogP contribution in [0.3, 0.4) is 0 Å². The molecule has 1 aromatic heterocycles. The summed E-state index contributed by atoms with van der Waals surface area (Å²) < 4.78 is 28.1. The predicted molar refractivity (Wildman–Crippen MR) is 101 cm³/mol. The fraction of sp³-hybridized carbons (Fsp3) is 0.158. The molecule has 2 heterocycles. The number of rotatable bonds is 2. The SMILES string of the molecule is Cc1ccc(S(=O)(=O)N2CCc3c(N)ncnc3-c3ccccc32)cc1. The van der Waals surface area contributed by atoms with Crippen molar-refractivity contribution in [1.29, 1.82) is 0 Å². The highest BCUT2D eigenvalue weighted by atomic mass is 32.2. The average molecular weight is 366 g/mol. The van der Waals surface area contributed by atoms with Crippen LogP contribution in [0.1, 0.15) is 11.1 Å². The lowest BCUT2D eigenvalue weighted by Crippen LogP contribution is -2.32. The normalized spacial score (nSPS) is 13.7. The second kappa shape index (κ2) is 6.10. The van der Waals surface area contributed by atoms with Crippen molar-refractivity contribution in [3.63, 3.8) is 0 Å². The molecule has 26 heavy (non-hydrogen) atoms. The van der Waals surface area contributed by atoms with Gasteiger partial charge in [-0.1, -0.05) is 35.9 Å². The number of nitrogens with two attached hydrogens (primary N) is 1. The minimum absolute atomic E-state index is 0.267. The standard InChI is InChI=1S/C19H18N4O2S/c1-13-6-8-14(9-7-13)26(24,25)23-11-10-16-18(21-12-22-19(16)20)15-4-2-3-5-17(15)23/h2-9,12H,10-11H2,1H3,(H2,20,21,22). The van der Waals surface area contributed by atoms with Crippen molar-refractivity contribution in [3.8, 4) is 11.3 Å². The van der Waals surface area contributed by atoms with Gasteiger partial charge < -0.3 is 5.73 Å². The molecule has 6 nitrogen and oxygen atoms in total. The van der Waals surface area contributed by atoms with Crippen LogP contribution in [0.5, 0.6) is 0 Å². The quantitative estimate of drug-likeness (QED) is 0.753. The Kier molecular flexibility index (Phi) is 3.88. The lowest BCUT2D eigenvalue weighted by atomic mass is 10.0. The average Bonchev–Trinajstić information content (AvgIpc) is 2.81. The summed E-state index contributed by atoms with van der Waals surface area (Å²) in [6.45, 7) is 2.20. The maximum Gasteiger partial charge on any atom is 0.264 e. The number of benzene rings is 2. The molecule has 0 unspecified atom stereocenters. The van der Waals surface area contributed by atoms with E-state index in [9.17, 15) is 8.42 Å². The van der Waals surface area contributed by atoms with Gasteiger partial charge in [-0.3, -0.25) is 4.31 Å². The number of hydrogen-bond donors (Lipinski definition) is 1. The molecule has 0 radical (unpaired) electrons. The molecule has 7 heteroatoms. The first kappa shape index (κ1) is 16.5. The van der Waals surface area contributed by atoms with Gasteiger partial charge in [0.15, 0.2) is 0 Å². The van der Waals surface area contributed by atoms with E-state index in [1.54, 1.807) is 30.3 Å². The number of aromatic nitrogens is 2. The van der Waals surface area contributed by atoms with Gasteiger partial charge in [0, 0.05) is 17.7 Å². The van der Waals surface area contributed by atoms with Crippen molar-refractivity contribution in [2.24, 2.45) is 0 Å². The Morgan fingerprint density at radius 3 is 2.54 bits per heavy atom. The molecule has 0 spiro atoms. The predicted octanol–water partition coefficient (Wildman–Crippen LogP) is 2.79. The van der Waals surface area contributed by atoms with E-state index in [1.165, 1.54) is 10.6 Å². The Bertz CT molecular complexity index is 1080. The molecule has 0 aliphatic carbocycles. The highest BCUT2D eigenvalue weighted by Gasteiger charge is 2.30. The summed E-state index contributed by atoms with van der Waals surface area (Å²) in [6.07, 6.45) is 1.86. The van der Waals surface area contributed by atoms with Gasteiger partial charge in [0.05, 0.1) is 16.3 Å². The third-order valence-electron chi connectivity index (χ3n) is 4.58. The molecule has 0 fully saturated rings. The molecular weight excluding hydrogens is 348 g/mol. The van der Waals surface area contributed by atoms with Crippen LogP contribution in [0.4, 0.5) is 11.5 Å². The first-order chi connectivity index (χ1) is 12.5. The topological polar surface area (TPSA) is 89.2 Å². The molecule has 1 aliphatic rings. The highest BCUT2D eigenvalue weighted by Crippen LogP contribution is 2.38. The van der Waals surface area contributed by atoms with Crippen molar-refractivity contribution in [1.82, 2.24) is 9.97 Å². The number of anilines is 2. The van der Waals surface area contributed by atoms with Crippen molar-refractivity contribution >= 4 is 21.5 Å². The first-order valence-corrected chi connectivity index (χ1v) is 9.70. The summed E-state index contributed by atoms with van der Waals surface area (Å²) in [5.41, 5.74) is 9.85. The van der Waals surface area contributed by atoms with Crippen molar-refractivity contribution in [2.75, 3.05) is 16.6 Å². The molecule has 0 atom stereocenters. The number of fused-ring (bicyclic) bond motifs is 3. The van der Waals surface area contributed by atoms with Crippen LogP contribution in [0, 0.1) is 6.92 Å². The summed E-state index contributed by atoms with van der Waals surface area (Å²) in [5, 5.41) is 0. The van der Waals surface area contributed by atoms with E-state index >= 15 is 0 Å². The van der Waals surface area contributed by atoms with Crippen molar-refractivity contribution in [3.05, 3.63) is 66.0 Å². The molecule has 4 rings (SSSR count). The van der Waals surface area contributed by atoms with Gasteiger partial charge in [-0.2, -0.15) is 0 Å². The first-order valence-electron chi connectivity index (χ1n) is 8.26. The van der Waals surface area contributed by atoms with Crippen LogP contribution in [0.2, 0.25) is 0 Å². The molecular formula is C19H18N4O2S. The molecule has 0 saturated carbocycles. The third-order valence-corrected chi connectivity index (χ3v) is 6.41. The number of para-hydroxylation sites is 1. The van der Waals surface area contributed by atoms with Gasteiger partial charge in [-0.05, 0) is 31.5 Å². The van der Waals surface area contributed by atoms with Gasteiger partial charge in [0.25, 0.3) is 10.0 Å². The Balaban J connectivity index is 1.90. The zero-order valence-corrected chi connectivity index (χ0v) is 15.1. The highest BCUT2D eigenvalue weighted by molar-refractivity contribution is 7.92. The fourth-order valence-electron chi connectivity index (χ4n) is 3.22. The van der Waals surface area contributed by atoms with E-state index in [4.69, 9.17) is 5.73 Å². The third kappa shape index (κ3) is 2.61. The molecule has 1 aliphatic heterocycles. The fourth-order valence-corrected chi connectivity index (χ4v) is 4.70. The maximum atomic E-state index is 13.3. The van der Waals surface area contributed by atoms with E-state index in [0.717, 1.165) is 16.7 Å². The van der Waals surface area contributed by atoms with Gasteiger partial charge in [0.2, 0.25) is 0 Å². The number of nitrogens with zero attached hydrogens (tertiary/aromatic N) is 3. The van der Waals surface area contributed by atoms with Crippen LogP contribution in [-0.4, -0.2) is 24.9 Å². The van der Waals surface area contributed by atoms with E-state index in [0.29, 0.717) is 23.6 Å². The van der Waals surface area contributed by atoms with Crippen molar-refractivity contribution in [2.45, 2.75) is 18.2 Å². The molecule has 0 saturated heterocycles. The van der Waals surface area contributed by atoms with Crippen LogP contribution in [0.25, 0.3) is 11.3 Å². The largest absolute Gasteiger partial charge is 0.383 e. The molecule has 0 bridgehead atoms. The van der Waals surface area contributed by atoms with Crippen LogP contribution >= 0.6 is 0 Å². The summed E-state index contributed by atoms with van der Waals surface area (Å²) in [6, 6.07) is 14.2.